The number of halogens is 2. The van der Waals surface area contributed by atoms with Crippen molar-refractivity contribution in [3.05, 3.63) is 24.3 Å². The summed E-state index contributed by atoms with van der Waals surface area (Å²) in [5.74, 6) is -0.0654. The zero-order valence-corrected chi connectivity index (χ0v) is 15.0. The molecule has 0 aliphatic carbocycles. The van der Waals surface area contributed by atoms with E-state index in [0.717, 1.165) is 0 Å². The Balaban J connectivity index is 1.95. The Labute approximate surface area is 152 Å². The van der Waals surface area contributed by atoms with Crippen molar-refractivity contribution >= 4 is 26.7 Å². The van der Waals surface area contributed by atoms with E-state index in [1.165, 1.54) is 35.8 Å². The van der Waals surface area contributed by atoms with Gasteiger partial charge in [0.05, 0.1) is 21.7 Å². The van der Waals surface area contributed by atoms with Crippen LogP contribution in [0.5, 0.6) is 11.5 Å². The molecule has 3 heterocycles. The van der Waals surface area contributed by atoms with Crippen LogP contribution in [0, 0.1) is 0 Å². The fourth-order valence-corrected chi connectivity index (χ4v) is 3.89. The Morgan fingerprint density at radius 2 is 1.85 bits per heavy atom. The lowest BCUT2D eigenvalue weighted by Gasteiger charge is -2.09. The van der Waals surface area contributed by atoms with E-state index >= 15 is 0 Å². The van der Waals surface area contributed by atoms with E-state index in [9.17, 15) is 17.2 Å². The smallest absolute Gasteiger partial charge is 0.395 e. The monoisotopic (exact) mass is 396 g/mol. The van der Waals surface area contributed by atoms with E-state index in [2.05, 4.69) is 19.4 Å². The molecule has 0 saturated carbocycles. The lowest BCUT2D eigenvalue weighted by Crippen LogP contribution is -2.25. The quantitative estimate of drug-likeness (QED) is 0.724. The molecule has 0 bridgehead atoms. The van der Waals surface area contributed by atoms with Gasteiger partial charge in [-0.3, -0.25) is 0 Å². The van der Waals surface area contributed by atoms with Gasteiger partial charge in [-0.25, -0.2) is 18.4 Å². The normalized spacial score (nSPS) is 15.4. The SMILES string of the molecule is CCS(=O)(=O)c1ccc(N)nc1-c1nc2cc3c(cc2n1C)OC(F)(F)O3. The molecule has 0 radical (unpaired) electrons. The first-order valence-corrected chi connectivity index (χ1v) is 9.52. The summed E-state index contributed by atoms with van der Waals surface area (Å²) in [6.45, 7) is 1.52. The van der Waals surface area contributed by atoms with E-state index in [4.69, 9.17) is 5.73 Å². The van der Waals surface area contributed by atoms with Crippen molar-refractivity contribution in [2.45, 2.75) is 18.1 Å². The number of aromatic nitrogens is 3. The van der Waals surface area contributed by atoms with Crippen molar-refractivity contribution in [3.8, 4) is 23.0 Å². The molecule has 0 unspecified atom stereocenters. The number of anilines is 1. The summed E-state index contributed by atoms with van der Waals surface area (Å²) in [4.78, 5) is 8.50. The van der Waals surface area contributed by atoms with Gasteiger partial charge in [0.15, 0.2) is 27.2 Å². The number of hydrogen-bond acceptors (Lipinski definition) is 7. The number of nitrogens with two attached hydrogens (primary N) is 1. The van der Waals surface area contributed by atoms with Gasteiger partial charge in [-0.2, -0.15) is 0 Å². The average molecular weight is 396 g/mol. The third-order valence-corrected chi connectivity index (χ3v) is 5.97. The standard InChI is InChI=1S/C16H14F2N4O4S/c1-3-27(23,24)12-4-5-13(19)21-14(12)15-20-8-6-10-11(7-9(8)22(15)2)26-16(17,18)25-10/h4-7H,3H2,1-2H3,(H2,19,21). The molecule has 3 aromatic rings. The molecule has 2 N–H and O–H groups in total. The van der Waals surface area contributed by atoms with E-state index in [1.54, 1.807) is 7.05 Å². The Kier molecular flexibility index (Phi) is 3.57. The van der Waals surface area contributed by atoms with Gasteiger partial charge < -0.3 is 19.8 Å². The number of pyridine rings is 1. The number of fused-ring (bicyclic) bond motifs is 2. The number of sulfone groups is 1. The highest BCUT2D eigenvalue weighted by atomic mass is 32.2. The first-order valence-electron chi connectivity index (χ1n) is 7.87. The van der Waals surface area contributed by atoms with Crippen molar-refractivity contribution in [2.24, 2.45) is 7.05 Å². The maximum absolute atomic E-state index is 13.2. The molecular formula is C16H14F2N4O4S. The van der Waals surface area contributed by atoms with E-state index in [1.807, 2.05) is 0 Å². The van der Waals surface area contributed by atoms with Gasteiger partial charge in [0.25, 0.3) is 0 Å². The van der Waals surface area contributed by atoms with Gasteiger partial charge in [0, 0.05) is 19.2 Å². The number of ether oxygens (including phenoxy) is 2. The second kappa shape index (κ2) is 5.52. The third kappa shape index (κ3) is 2.74. The number of alkyl halides is 2. The molecule has 0 amide bonds. The van der Waals surface area contributed by atoms with E-state index in [-0.39, 0.29) is 39.5 Å². The largest absolute Gasteiger partial charge is 0.586 e. The summed E-state index contributed by atoms with van der Waals surface area (Å²) in [6.07, 6.45) is -3.74. The van der Waals surface area contributed by atoms with Crippen LogP contribution < -0.4 is 15.2 Å². The van der Waals surface area contributed by atoms with Crippen molar-refractivity contribution < 1.29 is 26.7 Å². The molecule has 0 saturated heterocycles. The highest BCUT2D eigenvalue weighted by Crippen LogP contribution is 2.43. The van der Waals surface area contributed by atoms with Gasteiger partial charge in [0.1, 0.15) is 11.5 Å². The molecule has 27 heavy (non-hydrogen) atoms. The summed E-state index contributed by atoms with van der Waals surface area (Å²) in [5, 5.41) is 0. The lowest BCUT2D eigenvalue weighted by molar-refractivity contribution is -0.286. The molecule has 11 heteroatoms. The first-order chi connectivity index (χ1) is 12.6. The molecule has 0 spiro atoms. The fraction of sp³-hybridized carbons (Fsp3) is 0.250. The van der Waals surface area contributed by atoms with Crippen LogP contribution in [0.2, 0.25) is 0 Å². The second-order valence-electron chi connectivity index (χ2n) is 5.94. The molecule has 1 aromatic carbocycles. The van der Waals surface area contributed by atoms with Crippen molar-refractivity contribution in [2.75, 3.05) is 11.5 Å². The minimum Gasteiger partial charge on any atom is -0.395 e. The minimum atomic E-state index is -3.74. The van der Waals surface area contributed by atoms with Crippen LogP contribution >= 0.6 is 0 Å². The van der Waals surface area contributed by atoms with Crippen LogP contribution in [0.25, 0.3) is 22.6 Å². The summed E-state index contributed by atoms with van der Waals surface area (Å²) in [6, 6.07) is 5.42. The second-order valence-corrected chi connectivity index (χ2v) is 8.18. The Hall–Kier alpha value is -2.95. The van der Waals surface area contributed by atoms with Crippen molar-refractivity contribution in [1.82, 2.24) is 14.5 Å². The van der Waals surface area contributed by atoms with Crippen molar-refractivity contribution in [3.63, 3.8) is 0 Å². The van der Waals surface area contributed by atoms with Crippen LogP contribution in [-0.4, -0.2) is 35.0 Å². The summed E-state index contributed by atoms with van der Waals surface area (Å²) >= 11 is 0. The molecule has 0 atom stereocenters. The molecule has 1 aliphatic rings. The molecule has 2 aromatic heterocycles. The highest BCUT2D eigenvalue weighted by Gasteiger charge is 2.44. The van der Waals surface area contributed by atoms with E-state index in [0.29, 0.717) is 11.0 Å². The van der Waals surface area contributed by atoms with Crippen LogP contribution in [0.15, 0.2) is 29.2 Å². The number of aryl methyl sites for hydroxylation is 1. The Morgan fingerprint density at radius 3 is 2.52 bits per heavy atom. The lowest BCUT2D eigenvalue weighted by atomic mass is 10.3. The number of nitrogens with zero attached hydrogens (tertiary/aromatic N) is 3. The van der Waals surface area contributed by atoms with Gasteiger partial charge >= 0.3 is 6.29 Å². The number of hydrogen-bond donors (Lipinski definition) is 1. The number of imidazole rings is 1. The maximum Gasteiger partial charge on any atom is 0.586 e. The van der Waals surface area contributed by atoms with Gasteiger partial charge in [0.2, 0.25) is 0 Å². The Morgan fingerprint density at radius 1 is 1.19 bits per heavy atom. The molecule has 1 aliphatic heterocycles. The Bertz CT molecular complexity index is 1190. The number of rotatable bonds is 3. The fourth-order valence-electron chi connectivity index (χ4n) is 2.88. The highest BCUT2D eigenvalue weighted by molar-refractivity contribution is 7.91. The maximum atomic E-state index is 13.2. The molecule has 8 nitrogen and oxygen atoms in total. The summed E-state index contributed by atoms with van der Waals surface area (Å²) < 4.78 is 61.8. The summed E-state index contributed by atoms with van der Waals surface area (Å²) in [5.41, 5.74) is 6.58. The third-order valence-electron chi connectivity index (χ3n) is 4.21. The van der Waals surface area contributed by atoms with E-state index < -0.39 is 16.1 Å². The van der Waals surface area contributed by atoms with Gasteiger partial charge in [-0.1, -0.05) is 6.92 Å². The van der Waals surface area contributed by atoms with Crippen LogP contribution in [0.1, 0.15) is 6.92 Å². The predicted octanol–water partition coefficient (Wildman–Crippen LogP) is 2.33. The topological polar surface area (TPSA) is 109 Å². The van der Waals surface area contributed by atoms with Gasteiger partial charge in [-0.15, -0.1) is 8.78 Å². The molecule has 0 fully saturated rings. The molecule has 4 rings (SSSR count). The van der Waals surface area contributed by atoms with Crippen LogP contribution in [0.4, 0.5) is 14.6 Å². The van der Waals surface area contributed by atoms with Crippen molar-refractivity contribution in [1.29, 1.82) is 0 Å². The first kappa shape index (κ1) is 17.5. The average Bonchev–Trinajstić information content (AvgIpc) is 3.07. The summed E-state index contributed by atoms with van der Waals surface area (Å²) in [7, 11) is -1.98. The number of nitrogen functional groups attached to an aromatic ring is 1. The van der Waals surface area contributed by atoms with Gasteiger partial charge in [-0.05, 0) is 12.1 Å². The van der Waals surface area contributed by atoms with Crippen LogP contribution in [0.3, 0.4) is 0 Å². The molecule has 142 valence electrons. The molecular weight excluding hydrogens is 382 g/mol. The minimum absolute atomic E-state index is 0.0100. The zero-order chi connectivity index (χ0) is 19.6. The predicted molar refractivity (Wildman–Crippen MR) is 92.3 cm³/mol. The van der Waals surface area contributed by atoms with Crippen LogP contribution in [-0.2, 0) is 16.9 Å². The number of benzene rings is 1. The zero-order valence-electron chi connectivity index (χ0n) is 14.2.